The van der Waals surface area contributed by atoms with Crippen molar-refractivity contribution in [3.8, 4) is 0 Å². The van der Waals surface area contributed by atoms with Crippen LogP contribution < -0.4 is 21.3 Å². The average Bonchev–Trinajstić information content (AvgIpc) is 2.77. The summed E-state index contributed by atoms with van der Waals surface area (Å²) in [5, 5.41) is 5.03. The van der Waals surface area contributed by atoms with Crippen molar-refractivity contribution < 1.29 is 39.9 Å². The van der Waals surface area contributed by atoms with E-state index >= 15 is 0 Å². The Kier molecular flexibility index (Phi) is 8.20. The van der Waals surface area contributed by atoms with Crippen LogP contribution >= 0.6 is 0 Å². The summed E-state index contributed by atoms with van der Waals surface area (Å²) in [5.41, 5.74) is 5.68. The third-order valence-electron chi connectivity index (χ3n) is 6.48. The summed E-state index contributed by atoms with van der Waals surface area (Å²) in [6.45, 7) is -0.931. The van der Waals surface area contributed by atoms with Gasteiger partial charge < -0.3 is 21.3 Å². The second-order valence-corrected chi connectivity index (χ2v) is 8.94. The van der Waals surface area contributed by atoms with E-state index in [9.17, 15) is 39.9 Å². The highest BCUT2D eigenvalue weighted by molar-refractivity contribution is 6.00. The van der Waals surface area contributed by atoms with Crippen LogP contribution in [0.3, 0.4) is 0 Å². The minimum atomic E-state index is -4.36. The number of hydrogen-bond acceptors (Lipinski definition) is 5. The van der Waals surface area contributed by atoms with Crippen LogP contribution in [0.2, 0.25) is 0 Å². The maximum Gasteiger partial charge on any atom is 0.391 e. The molecule has 1 saturated heterocycles. The molecule has 35 heavy (non-hydrogen) atoms. The first kappa shape index (κ1) is 27.1. The molecule has 1 aliphatic carbocycles. The predicted molar refractivity (Wildman–Crippen MR) is 113 cm³/mol. The van der Waals surface area contributed by atoms with E-state index in [1.165, 1.54) is 11.0 Å². The van der Waals surface area contributed by atoms with Crippen molar-refractivity contribution in [2.45, 2.75) is 63.3 Å². The van der Waals surface area contributed by atoms with Crippen LogP contribution in [0.4, 0.5) is 52.4 Å². The van der Waals surface area contributed by atoms with E-state index in [-0.39, 0.29) is 74.5 Å². The smallest absolute Gasteiger partial charge is 0.391 e. The van der Waals surface area contributed by atoms with Crippen molar-refractivity contribution in [2.24, 2.45) is 11.8 Å². The minimum absolute atomic E-state index is 0.0157. The van der Waals surface area contributed by atoms with Gasteiger partial charge in [-0.2, -0.15) is 26.3 Å². The third-order valence-corrected chi connectivity index (χ3v) is 6.48. The summed E-state index contributed by atoms with van der Waals surface area (Å²) in [4.78, 5) is 18.7. The van der Waals surface area contributed by atoms with Crippen molar-refractivity contribution in [3.05, 3.63) is 11.6 Å². The number of hydrogen-bond donors (Lipinski definition) is 3. The van der Waals surface area contributed by atoms with Gasteiger partial charge in [-0.05, 0) is 44.6 Å². The number of aromatic nitrogens is 1. The van der Waals surface area contributed by atoms with Gasteiger partial charge in [-0.15, -0.1) is 0 Å². The molecule has 14 heteroatoms. The number of nitrogen functional groups attached to an aromatic ring is 1. The number of piperidine rings is 1. The predicted octanol–water partition coefficient (Wildman–Crippen LogP) is 4.97. The van der Waals surface area contributed by atoms with Gasteiger partial charge >= 0.3 is 12.4 Å². The molecular weight excluding hydrogens is 490 g/mol. The quantitative estimate of drug-likeness (QED) is 0.465. The fourth-order valence-electron chi connectivity index (χ4n) is 4.49. The van der Waals surface area contributed by atoms with Gasteiger partial charge in [-0.1, -0.05) is 0 Å². The number of anilines is 3. The molecule has 3 rings (SSSR count). The van der Waals surface area contributed by atoms with Crippen molar-refractivity contribution in [1.29, 1.82) is 0 Å². The Labute approximate surface area is 196 Å². The van der Waals surface area contributed by atoms with E-state index in [1.54, 1.807) is 0 Å². The summed E-state index contributed by atoms with van der Waals surface area (Å²) < 4.78 is 103. The Morgan fingerprint density at radius 3 is 2.06 bits per heavy atom. The van der Waals surface area contributed by atoms with E-state index in [0.717, 1.165) is 0 Å². The molecule has 2 fully saturated rings. The number of nitrogens with one attached hydrogen (secondary N) is 2. The maximum atomic E-state index is 13.1. The van der Waals surface area contributed by atoms with Crippen molar-refractivity contribution in [1.82, 2.24) is 10.3 Å². The highest BCUT2D eigenvalue weighted by Crippen LogP contribution is 2.39. The van der Waals surface area contributed by atoms with Crippen LogP contribution in [-0.2, 0) is 0 Å². The van der Waals surface area contributed by atoms with Gasteiger partial charge in [0.05, 0.1) is 29.6 Å². The Bertz CT molecular complexity index is 876. The summed E-state index contributed by atoms with van der Waals surface area (Å²) in [6.07, 6.45) is -11.9. The van der Waals surface area contributed by atoms with Gasteiger partial charge in [0.15, 0.2) is 5.82 Å². The van der Waals surface area contributed by atoms with Crippen LogP contribution in [0.15, 0.2) is 6.07 Å². The SMILES string of the molecule is Nc1cc(C(=O)NC2CCC(C(F)(F)F)CC2)c(N2CCC(C(F)(F)F)CC2)nc1NCC(F)F. The maximum absolute atomic E-state index is 13.1. The molecule has 0 spiro atoms. The molecule has 0 bridgehead atoms. The molecule has 198 valence electrons. The van der Waals surface area contributed by atoms with Crippen LogP contribution in [0.1, 0.15) is 48.9 Å². The van der Waals surface area contributed by atoms with Gasteiger partial charge in [-0.3, -0.25) is 4.79 Å². The highest BCUT2D eigenvalue weighted by atomic mass is 19.4. The van der Waals surface area contributed by atoms with E-state index in [2.05, 4.69) is 15.6 Å². The first-order valence-corrected chi connectivity index (χ1v) is 11.3. The number of nitrogens with zero attached hydrogens (tertiary/aromatic N) is 2. The van der Waals surface area contributed by atoms with Gasteiger partial charge in [0.2, 0.25) is 0 Å². The zero-order chi connectivity index (χ0) is 26.0. The Morgan fingerprint density at radius 2 is 1.54 bits per heavy atom. The molecule has 1 aliphatic heterocycles. The van der Waals surface area contributed by atoms with E-state index in [0.29, 0.717) is 0 Å². The lowest BCUT2D eigenvalue weighted by molar-refractivity contribution is -0.182. The van der Waals surface area contributed by atoms with Crippen LogP contribution in [0.25, 0.3) is 0 Å². The van der Waals surface area contributed by atoms with Crippen molar-refractivity contribution in [2.75, 3.05) is 35.6 Å². The Balaban J connectivity index is 1.79. The normalized spacial score (nSPS) is 22.4. The molecule has 1 aromatic rings. The number of carbonyl (C=O) groups is 1. The third kappa shape index (κ3) is 7.00. The molecule has 6 nitrogen and oxygen atoms in total. The van der Waals surface area contributed by atoms with Crippen molar-refractivity contribution >= 4 is 23.2 Å². The number of pyridine rings is 1. The molecule has 4 N–H and O–H groups in total. The molecule has 2 aliphatic rings. The standard InChI is InChI=1S/C21H27F8N5O/c22-16(23)10-31-17-15(30)9-14(18(33-17)34-7-5-12(6-8-34)21(27,28)29)19(35)32-13-3-1-11(2-4-13)20(24,25)26/h9,11-13,16H,1-8,10,30H2,(H,31,33)(H,32,35). The number of carbonyl (C=O) groups excluding carboxylic acids is 1. The number of halogens is 8. The van der Waals surface area contributed by atoms with Crippen LogP contribution in [-0.4, -0.2) is 55.3 Å². The summed E-state index contributed by atoms with van der Waals surface area (Å²) in [6, 6.07) is 0.672. The lowest BCUT2D eigenvalue weighted by Crippen LogP contribution is -2.42. The van der Waals surface area contributed by atoms with Gasteiger partial charge in [-0.25, -0.2) is 13.8 Å². The summed E-state index contributed by atoms with van der Waals surface area (Å²) in [5.74, 6) is -3.78. The molecule has 1 aromatic heterocycles. The lowest BCUT2D eigenvalue weighted by Gasteiger charge is -2.35. The molecule has 0 atom stereocenters. The van der Waals surface area contributed by atoms with Crippen molar-refractivity contribution in [3.63, 3.8) is 0 Å². The zero-order valence-electron chi connectivity index (χ0n) is 18.7. The van der Waals surface area contributed by atoms with Gasteiger partial charge in [0.1, 0.15) is 5.82 Å². The Hall–Kier alpha value is -2.54. The number of alkyl halides is 8. The second kappa shape index (κ2) is 10.6. The molecule has 0 unspecified atom stereocenters. The fraction of sp³-hybridized carbons (Fsp3) is 0.714. The summed E-state index contributed by atoms with van der Waals surface area (Å²) >= 11 is 0. The molecule has 0 aromatic carbocycles. The average molecular weight is 517 g/mol. The van der Waals surface area contributed by atoms with Crippen LogP contribution in [0, 0.1) is 11.8 Å². The molecule has 1 amide bonds. The van der Waals surface area contributed by atoms with E-state index in [4.69, 9.17) is 5.73 Å². The monoisotopic (exact) mass is 517 g/mol. The lowest BCUT2D eigenvalue weighted by atomic mass is 9.85. The summed E-state index contributed by atoms with van der Waals surface area (Å²) in [7, 11) is 0. The van der Waals surface area contributed by atoms with Crippen LogP contribution in [0.5, 0.6) is 0 Å². The minimum Gasteiger partial charge on any atom is -0.396 e. The molecule has 1 saturated carbocycles. The van der Waals surface area contributed by atoms with Gasteiger partial charge in [0, 0.05) is 19.1 Å². The first-order chi connectivity index (χ1) is 16.3. The van der Waals surface area contributed by atoms with E-state index < -0.39 is 49.1 Å². The van der Waals surface area contributed by atoms with E-state index in [1.807, 2.05) is 0 Å². The van der Waals surface area contributed by atoms with Gasteiger partial charge in [0.25, 0.3) is 12.3 Å². The second-order valence-electron chi connectivity index (χ2n) is 8.94. The molecule has 0 radical (unpaired) electrons. The number of amides is 1. The first-order valence-electron chi connectivity index (χ1n) is 11.3. The topological polar surface area (TPSA) is 83.3 Å². The zero-order valence-corrected chi connectivity index (χ0v) is 18.7. The molecule has 2 heterocycles. The fourth-order valence-corrected chi connectivity index (χ4v) is 4.49. The Morgan fingerprint density at radius 1 is 1.00 bits per heavy atom. The number of rotatable bonds is 6. The highest BCUT2D eigenvalue weighted by Gasteiger charge is 2.43. The number of nitrogens with two attached hydrogens (primary N) is 1. The largest absolute Gasteiger partial charge is 0.396 e. The molecular formula is C21H27F8N5O.